The van der Waals surface area contributed by atoms with Crippen LogP contribution in [-0.4, -0.2) is 30.9 Å². The maximum Gasteiger partial charge on any atom is 0.243 e. The van der Waals surface area contributed by atoms with E-state index in [9.17, 15) is 8.42 Å². The molecule has 3 rings (SSSR count). The lowest BCUT2D eigenvalue weighted by molar-refractivity contribution is 0.295. The highest BCUT2D eigenvalue weighted by Crippen LogP contribution is 2.32. The van der Waals surface area contributed by atoms with Crippen molar-refractivity contribution in [3.63, 3.8) is 0 Å². The standard InChI is InChI=1S/C12H19N3O3S/c16-19(17)8-4-2-6-10(19)11-14-12(18-15-11)9-5-1-3-7-13-9/h9-10,13H,1-8H2. The second kappa shape index (κ2) is 5.20. The first-order chi connectivity index (χ1) is 9.17. The number of sulfone groups is 1. The summed E-state index contributed by atoms with van der Waals surface area (Å²) in [5.74, 6) is 1.13. The van der Waals surface area contributed by atoms with Gasteiger partial charge in [-0.15, -0.1) is 0 Å². The summed E-state index contributed by atoms with van der Waals surface area (Å²) in [6.07, 6.45) is 5.53. The molecule has 6 nitrogen and oxygen atoms in total. The van der Waals surface area contributed by atoms with E-state index >= 15 is 0 Å². The number of hydrogen-bond donors (Lipinski definition) is 1. The van der Waals surface area contributed by atoms with Crippen molar-refractivity contribution in [1.29, 1.82) is 0 Å². The molecule has 2 atom stereocenters. The summed E-state index contributed by atoms with van der Waals surface area (Å²) in [7, 11) is -3.10. The minimum absolute atomic E-state index is 0.0845. The molecule has 2 aliphatic heterocycles. The highest BCUT2D eigenvalue weighted by atomic mass is 32.2. The quantitative estimate of drug-likeness (QED) is 0.887. The van der Waals surface area contributed by atoms with Crippen LogP contribution in [0.1, 0.15) is 61.5 Å². The summed E-state index contributed by atoms with van der Waals surface area (Å²) in [6.45, 7) is 0.949. The van der Waals surface area contributed by atoms with E-state index in [0.717, 1.165) is 38.6 Å². The Morgan fingerprint density at radius 1 is 1.16 bits per heavy atom. The van der Waals surface area contributed by atoms with Gasteiger partial charge in [-0.3, -0.25) is 0 Å². The maximum atomic E-state index is 12.0. The van der Waals surface area contributed by atoms with Crippen LogP contribution in [0.3, 0.4) is 0 Å². The molecule has 1 aromatic heterocycles. The van der Waals surface area contributed by atoms with Crippen LogP contribution in [0.4, 0.5) is 0 Å². The maximum absolute atomic E-state index is 12.0. The molecule has 3 heterocycles. The normalized spacial score (nSPS) is 31.2. The predicted molar refractivity (Wildman–Crippen MR) is 69.3 cm³/mol. The van der Waals surface area contributed by atoms with Gasteiger partial charge in [-0.2, -0.15) is 4.98 Å². The second-order valence-corrected chi connectivity index (χ2v) is 7.65. The average Bonchev–Trinajstić information content (AvgIpc) is 2.88. The summed E-state index contributed by atoms with van der Waals surface area (Å²) < 4.78 is 29.3. The van der Waals surface area contributed by atoms with Gasteiger partial charge in [-0.25, -0.2) is 8.42 Å². The summed E-state index contributed by atoms with van der Waals surface area (Å²) in [5, 5.41) is 6.66. The first-order valence-corrected chi connectivity index (χ1v) is 8.67. The molecule has 0 spiro atoms. The molecule has 0 aromatic carbocycles. The van der Waals surface area contributed by atoms with Crippen LogP contribution in [-0.2, 0) is 9.84 Å². The number of nitrogens with one attached hydrogen (secondary N) is 1. The lowest BCUT2D eigenvalue weighted by atomic mass is 10.1. The van der Waals surface area contributed by atoms with Crippen LogP contribution in [0.25, 0.3) is 0 Å². The van der Waals surface area contributed by atoms with Crippen molar-refractivity contribution in [1.82, 2.24) is 15.5 Å². The number of nitrogens with zero attached hydrogens (tertiary/aromatic N) is 2. The summed E-state index contributed by atoms with van der Waals surface area (Å²) >= 11 is 0. The SMILES string of the molecule is O=S1(=O)CCCCC1c1noc(C2CCCCN2)n1. The van der Waals surface area contributed by atoms with Crippen LogP contribution in [0.5, 0.6) is 0 Å². The van der Waals surface area contributed by atoms with E-state index in [4.69, 9.17) is 4.52 Å². The van der Waals surface area contributed by atoms with Gasteiger partial charge in [-0.1, -0.05) is 18.0 Å². The van der Waals surface area contributed by atoms with Gasteiger partial charge in [0.05, 0.1) is 11.8 Å². The number of piperidine rings is 1. The molecule has 2 unspecified atom stereocenters. The molecule has 1 aromatic rings. The Bertz CT molecular complexity index is 534. The highest BCUT2D eigenvalue weighted by molar-refractivity contribution is 7.91. The van der Waals surface area contributed by atoms with Crippen molar-refractivity contribution >= 4 is 9.84 Å². The van der Waals surface area contributed by atoms with E-state index in [1.807, 2.05) is 0 Å². The molecule has 2 aliphatic rings. The van der Waals surface area contributed by atoms with Crippen LogP contribution in [0.2, 0.25) is 0 Å². The number of aromatic nitrogens is 2. The van der Waals surface area contributed by atoms with Crippen LogP contribution in [0, 0.1) is 0 Å². The Labute approximate surface area is 112 Å². The molecular weight excluding hydrogens is 266 g/mol. The van der Waals surface area contributed by atoms with Crippen molar-refractivity contribution in [3.05, 3.63) is 11.7 Å². The van der Waals surface area contributed by atoms with E-state index in [1.54, 1.807) is 0 Å². The lowest BCUT2D eigenvalue weighted by Gasteiger charge is -2.20. The van der Waals surface area contributed by atoms with Crippen LogP contribution in [0.15, 0.2) is 4.52 Å². The van der Waals surface area contributed by atoms with Gasteiger partial charge in [0.15, 0.2) is 15.7 Å². The third-order valence-corrected chi connectivity index (χ3v) is 6.10. The van der Waals surface area contributed by atoms with Gasteiger partial charge < -0.3 is 9.84 Å². The predicted octanol–water partition coefficient (Wildman–Crippen LogP) is 1.52. The molecule has 0 radical (unpaired) electrons. The molecule has 0 aliphatic carbocycles. The van der Waals surface area contributed by atoms with Gasteiger partial charge >= 0.3 is 0 Å². The van der Waals surface area contributed by atoms with Gasteiger partial charge in [0.1, 0.15) is 5.25 Å². The van der Waals surface area contributed by atoms with Gasteiger partial charge in [0.2, 0.25) is 5.89 Å². The molecule has 2 saturated heterocycles. The number of hydrogen-bond acceptors (Lipinski definition) is 6. The monoisotopic (exact) mass is 285 g/mol. The number of rotatable bonds is 2. The zero-order valence-corrected chi connectivity index (χ0v) is 11.7. The molecule has 0 bridgehead atoms. The summed E-state index contributed by atoms with van der Waals surface area (Å²) in [4.78, 5) is 4.33. The Morgan fingerprint density at radius 2 is 2.00 bits per heavy atom. The third-order valence-electron chi connectivity index (χ3n) is 3.93. The highest BCUT2D eigenvalue weighted by Gasteiger charge is 2.34. The fourth-order valence-electron chi connectivity index (χ4n) is 2.83. The van der Waals surface area contributed by atoms with Crippen LogP contribution >= 0.6 is 0 Å². The Balaban J connectivity index is 1.80. The van der Waals surface area contributed by atoms with Gasteiger partial charge in [0, 0.05) is 0 Å². The van der Waals surface area contributed by atoms with E-state index in [0.29, 0.717) is 18.1 Å². The molecule has 7 heteroatoms. The third kappa shape index (κ3) is 2.67. The molecule has 2 fully saturated rings. The van der Waals surface area contributed by atoms with E-state index in [2.05, 4.69) is 15.5 Å². The largest absolute Gasteiger partial charge is 0.338 e. The first-order valence-electron chi connectivity index (χ1n) is 6.95. The molecule has 0 amide bonds. The zero-order chi connectivity index (χ0) is 13.3. The minimum atomic E-state index is -3.10. The Kier molecular flexibility index (Phi) is 3.58. The Morgan fingerprint density at radius 3 is 2.74 bits per heavy atom. The van der Waals surface area contributed by atoms with E-state index < -0.39 is 15.1 Å². The van der Waals surface area contributed by atoms with Crippen molar-refractivity contribution in [3.8, 4) is 0 Å². The molecule has 1 N–H and O–H groups in total. The van der Waals surface area contributed by atoms with Crippen molar-refractivity contribution in [2.75, 3.05) is 12.3 Å². The average molecular weight is 285 g/mol. The molecule has 106 valence electrons. The fourth-order valence-corrected chi connectivity index (χ4v) is 4.66. The van der Waals surface area contributed by atoms with Gasteiger partial charge in [0.25, 0.3) is 0 Å². The zero-order valence-electron chi connectivity index (χ0n) is 10.8. The van der Waals surface area contributed by atoms with E-state index in [-0.39, 0.29) is 11.8 Å². The molecular formula is C12H19N3O3S. The van der Waals surface area contributed by atoms with Crippen molar-refractivity contribution < 1.29 is 12.9 Å². The van der Waals surface area contributed by atoms with Crippen molar-refractivity contribution in [2.45, 2.75) is 49.8 Å². The summed E-state index contributed by atoms with van der Waals surface area (Å²) in [5.41, 5.74) is 0. The van der Waals surface area contributed by atoms with Crippen LogP contribution < -0.4 is 5.32 Å². The molecule has 19 heavy (non-hydrogen) atoms. The lowest BCUT2D eigenvalue weighted by Crippen LogP contribution is -2.27. The fraction of sp³-hybridized carbons (Fsp3) is 0.833. The van der Waals surface area contributed by atoms with Gasteiger partial charge in [-0.05, 0) is 32.2 Å². The Hall–Kier alpha value is -0.950. The summed E-state index contributed by atoms with van der Waals surface area (Å²) in [6, 6.07) is 0.0845. The molecule has 0 saturated carbocycles. The smallest absolute Gasteiger partial charge is 0.243 e. The minimum Gasteiger partial charge on any atom is -0.338 e. The topological polar surface area (TPSA) is 85.1 Å². The van der Waals surface area contributed by atoms with Crippen molar-refractivity contribution in [2.24, 2.45) is 0 Å². The van der Waals surface area contributed by atoms with E-state index in [1.165, 1.54) is 0 Å². The second-order valence-electron chi connectivity index (χ2n) is 5.34. The first kappa shape index (κ1) is 13.1.